The predicted molar refractivity (Wildman–Crippen MR) is 81.6 cm³/mol. The molecule has 0 saturated heterocycles. The second kappa shape index (κ2) is 7.54. The maximum atomic E-state index is 12.1. The molecule has 0 bridgehead atoms. The molecule has 0 aliphatic heterocycles. The smallest absolute Gasteiger partial charge is 0.251 e. The van der Waals surface area contributed by atoms with E-state index in [2.05, 4.69) is 27.6 Å². The van der Waals surface area contributed by atoms with Gasteiger partial charge in [-0.15, -0.1) is 0 Å². The predicted octanol–water partition coefficient (Wildman–Crippen LogP) is 1.31. The van der Waals surface area contributed by atoms with E-state index in [-0.39, 0.29) is 5.91 Å². The molecule has 0 unspecified atom stereocenters. The molecule has 0 saturated carbocycles. The molecule has 6 heteroatoms. The Morgan fingerprint density at radius 1 is 1.29 bits per heavy atom. The van der Waals surface area contributed by atoms with E-state index in [4.69, 9.17) is 0 Å². The van der Waals surface area contributed by atoms with Gasteiger partial charge in [0.2, 0.25) is 0 Å². The molecule has 21 heavy (non-hydrogen) atoms. The molecular weight excluding hydrogens is 266 g/mol. The second-order valence-corrected chi connectivity index (χ2v) is 4.85. The Bertz CT molecular complexity index is 580. The molecule has 0 aliphatic carbocycles. The van der Waals surface area contributed by atoms with Crippen molar-refractivity contribution < 1.29 is 4.79 Å². The molecule has 1 heterocycles. The number of aromatic nitrogens is 3. The van der Waals surface area contributed by atoms with Gasteiger partial charge in [-0.05, 0) is 43.7 Å². The molecule has 1 aromatic carbocycles. The van der Waals surface area contributed by atoms with Crippen LogP contribution in [-0.4, -0.2) is 40.3 Å². The molecular formula is C15H21N5O. The topological polar surface area (TPSA) is 71.8 Å². The molecule has 1 amide bonds. The van der Waals surface area contributed by atoms with Crippen molar-refractivity contribution in [2.24, 2.45) is 0 Å². The Labute approximate surface area is 124 Å². The Balaban J connectivity index is 1.95. The van der Waals surface area contributed by atoms with Crippen molar-refractivity contribution in [3.05, 3.63) is 42.0 Å². The third kappa shape index (κ3) is 4.13. The average molecular weight is 287 g/mol. The van der Waals surface area contributed by atoms with Crippen LogP contribution in [0.4, 0.5) is 0 Å². The molecule has 0 aliphatic rings. The highest BCUT2D eigenvalue weighted by Crippen LogP contribution is 2.14. The first kappa shape index (κ1) is 15.2. The first-order chi connectivity index (χ1) is 10.2. The van der Waals surface area contributed by atoms with Crippen LogP contribution in [0.2, 0.25) is 0 Å². The average Bonchev–Trinajstić information content (AvgIpc) is 3.00. The van der Waals surface area contributed by atoms with E-state index >= 15 is 0 Å². The van der Waals surface area contributed by atoms with Gasteiger partial charge < -0.3 is 10.6 Å². The number of nitrogens with zero attached hydrogens (tertiary/aromatic N) is 3. The van der Waals surface area contributed by atoms with Crippen molar-refractivity contribution in [1.82, 2.24) is 25.4 Å². The Kier molecular flexibility index (Phi) is 5.45. The molecule has 0 radical (unpaired) electrons. The van der Waals surface area contributed by atoms with Crippen LogP contribution in [0.1, 0.15) is 29.3 Å². The summed E-state index contributed by atoms with van der Waals surface area (Å²) in [6.45, 7) is 6.46. The normalized spacial score (nSPS) is 10.6. The molecule has 2 rings (SSSR count). The van der Waals surface area contributed by atoms with E-state index in [0.717, 1.165) is 30.8 Å². The minimum atomic E-state index is -0.0541. The number of nitrogens with one attached hydrogen (secondary N) is 2. The van der Waals surface area contributed by atoms with E-state index in [1.807, 2.05) is 19.1 Å². The van der Waals surface area contributed by atoms with Gasteiger partial charge in [0.15, 0.2) is 0 Å². The zero-order valence-electron chi connectivity index (χ0n) is 12.5. The minimum Gasteiger partial charge on any atom is -0.351 e. The highest BCUT2D eigenvalue weighted by molar-refractivity contribution is 5.94. The van der Waals surface area contributed by atoms with Gasteiger partial charge in [0, 0.05) is 18.7 Å². The van der Waals surface area contributed by atoms with Crippen LogP contribution in [0, 0.1) is 6.92 Å². The first-order valence-corrected chi connectivity index (χ1v) is 7.17. The van der Waals surface area contributed by atoms with Gasteiger partial charge in [0.05, 0.1) is 5.69 Å². The van der Waals surface area contributed by atoms with E-state index < -0.39 is 0 Å². The molecule has 112 valence electrons. The molecule has 0 spiro atoms. The summed E-state index contributed by atoms with van der Waals surface area (Å²) in [5.41, 5.74) is 2.57. The summed E-state index contributed by atoms with van der Waals surface area (Å²) in [6, 6.07) is 5.55. The number of carbonyl (C=O) groups is 1. The van der Waals surface area contributed by atoms with Crippen molar-refractivity contribution in [2.45, 2.75) is 20.3 Å². The van der Waals surface area contributed by atoms with Crippen LogP contribution >= 0.6 is 0 Å². The first-order valence-electron chi connectivity index (χ1n) is 7.17. The van der Waals surface area contributed by atoms with Gasteiger partial charge >= 0.3 is 0 Å². The fourth-order valence-electron chi connectivity index (χ4n) is 2.05. The Morgan fingerprint density at radius 2 is 2.14 bits per heavy atom. The van der Waals surface area contributed by atoms with Crippen LogP contribution in [0.3, 0.4) is 0 Å². The van der Waals surface area contributed by atoms with E-state index in [1.165, 1.54) is 6.33 Å². The molecule has 6 nitrogen and oxygen atoms in total. The third-order valence-corrected chi connectivity index (χ3v) is 3.14. The van der Waals surface area contributed by atoms with Crippen LogP contribution in [-0.2, 0) is 0 Å². The van der Waals surface area contributed by atoms with E-state index in [0.29, 0.717) is 12.1 Å². The van der Waals surface area contributed by atoms with Gasteiger partial charge in [-0.3, -0.25) is 4.79 Å². The zero-order valence-corrected chi connectivity index (χ0v) is 12.5. The second-order valence-electron chi connectivity index (χ2n) is 4.85. The van der Waals surface area contributed by atoms with Crippen LogP contribution in [0.5, 0.6) is 0 Å². The van der Waals surface area contributed by atoms with Crippen molar-refractivity contribution in [3.63, 3.8) is 0 Å². The maximum absolute atomic E-state index is 12.1. The monoisotopic (exact) mass is 287 g/mol. The van der Waals surface area contributed by atoms with Crippen molar-refractivity contribution in [2.75, 3.05) is 19.6 Å². The quantitative estimate of drug-likeness (QED) is 0.753. The van der Waals surface area contributed by atoms with Crippen LogP contribution < -0.4 is 10.6 Å². The summed E-state index contributed by atoms with van der Waals surface area (Å²) in [7, 11) is 0. The van der Waals surface area contributed by atoms with Crippen LogP contribution in [0.15, 0.2) is 30.9 Å². The maximum Gasteiger partial charge on any atom is 0.251 e. The summed E-state index contributed by atoms with van der Waals surface area (Å²) in [6.07, 6.45) is 4.22. The van der Waals surface area contributed by atoms with Crippen LogP contribution in [0.25, 0.3) is 5.69 Å². The van der Waals surface area contributed by atoms with Crippen molar-refractivity contribution >= 4 is 5.91 Å². The number of aryl methyl sites for hydroxylation is 1. The summed E-state index contributed by atoms with van der Waals surface area (Å²) < 4.78 is 1.69. The van der Waals surface area contributed by atoms with Gasteiger partial charge in [-0.1, -0.05) is 6.92 Å². The minimum absolute atomic E-state index is 0.0541. The lowest BCUT2D eigenvalue weighted by Gasteiger charge is -2.09. The van der Waals surface area contributed by atoms with Gasteiger partial charge in [0.1, 0.15) is 12.7 Å². The highest BCUT2D eigenvalue weighted by atomic mass is 16.1. The standard InChI is InChI=1S/C15H21N5O/c1-3-6-16-7-8-18-15(21)13-4-5-14(12(2)9-13)20-11-17-10-19-20/h4-5,9-11,16H,3,6-8H2,1-2H3,(H,18,21). The van der Waals surface area contributed by atoms with E-state index in [1.54, 1.807) is 17.1 Å². The SMILES string of the molecule is CCCNCCNC(=O)c1ccc(-n2cncn2)c(C)c1. The highest BCUT2D eigenvalue weighted by Gasteiger charge is 2.08. The van der Waals surface area contributed by atoms with Crippen molar-refractivity contribution in [3.8, 4) is 5.69 Å². The Hall–Kier alpha value is -2.21. The lowest BCUT2D eigenvalue weighted by atomic mass is 10.1. The molecule has 2 aromatic rings. The lowest BCUT2D eigenvalue weighted by Crippen LogP contribution is -2.32. The fraction of sp³-hybridized carbons (Fsp3) is 0.400. The van der Waals surface area contributed by atoms with Gasteiger partial charge in [-0.25, -0.2) is 9.67 Å². The van der Waals surface area contributed by atoms with E-state index in [9.17, 15) is 4.79 Å². The number of hydrogen-bond acceptors (Lipinski definition) is 4. The largest absolute Gasteiger partial charge is 0.351 e. The number of rotatable bonds is 7. The summed E-state index contributed by atoms with van der Waals surface area (Å²) in [5.74, 6) is -0.0541. The lowest BCUT2D eigenvalue weighted by molar-refractivity contribution is 0.0954. The number of hydrogen-bond donors (Lipinski definition) is 2. The Morgan fingerprint density at radius 3 is 2.81 bits per heavy atom. The van der Waals surface area contributed by atoms with Gasteiger partial charge in [0.25, 0.3) is 5.91 Å². The molecule has 0 fully saturated rings. The number of amides is 1. The molecule has 0 atom stereocenters. The third-order valence-electron chi connectivity index (χ3n) is 3.14. The molecule has 1 aromatic heterocycles. The molecule has 2 N–H and O–H groups in total. The fourth-order valence-corrected chi connectivity index (χ4v) is 2.05. The zero-order chi connectivity index (χ0) is 15.1. The number of benzene rings is 1. The number of carbonyl (C=O) groups excluding carboxylic acids is 1. The summed E-state index contributed by atoms with van der Waals surface area (Å²) in [5, 5.41) is 10.2. The van der Waals surface area contributed by atoms with Crippen molar-refractivity contribution in [1.29, 1.82) is 0 Å². The summed E-state index contributed by atoms with van der Waals surface area (Å²) >= 11 is 0. The van der Waals surface area contributed by atoms with Gasteiger partial charge in [-0.2, -0.15) is 5.10 Å². The summed E-state index contributed by atoms with van der Waals surface area (Å²) in [4.78, 5) is 16.0.